The lowest BCUT2D eigenvalue weighted by molar-refractivity contribution is 0.495. The first-order valence-corrected chi connectivity index (χ1v) is 32.1. The molecule has 1 saturated carbocycles. The maximum absolute atomic E-state index is 5.75. The molecule has 1 fully saturated rings. The van der Waals surface area contributed by atoms with Gasteiger partial charge in [-0.15, -0.1) is 6.42 Å². The van der Waals surface area contributed by atoms with Gasteiger partial charge in [0.25, 0.3) is 0 Å². The van der Waals surface area contributed by atoms with Crippen LogP contribution in [0.25, 0.3) is 54.9 Å². The number of terminal acetylenes is 1. The van der Waals surface area contributed by atoms with Crippen LogP contribution in [-0.4, -0.2) is 0 Å². The third-order valence-electron chi connectivity index (χ3n) is 20.3. The Morgan fingerprint density at radius 2 is 0.644 bits per heavy atom. The summed E-state index contributed by atoms with van der Waals surface area (Å²) in [5, 5.41) is 5.33. The van der Waals surface area contributed by atoms with Gasteiger partial charge in [-0.2, -0.15) is 0 Å². The van der Waals surface area contributed by atoms with Crippen LogP contribution < -0.4 is 0 Å². The summed E-state index contributed by atoms with van der Waals surface area (Å²) >= 11 is 0. The third kappa shape index (κ3) is 10.7. The molecule has 13 aromatic carbocycles. The first-order chi connectivity index (χ1) is 44.0. The highest BCUT2D eigenvalue weighted by molar-refractivity contribution is 5.90. The van der Waals surface area contributed by atoms with E-state index in [1.54, 1.807) is 0 Å². The topological polar surface area (TPSA) is 0 Å². The molecule has 0 bridgehead atoms. The van der Waals surface area contributed by atoms with Crippen molar-refractivity contribution in [3.8, 4) is 45.7 Å². The molecule has 0 nitrogen and oxygen atoms in total. The maximum atomic E-state index is 5.75. The molecule has 0 aromatic heterocycles. The Kier molecular flexibility index (Phi) is 16.3. The molecule has 0 aliphatic heterocycles. The van der Waals surface area contributed by atoms with Crippen molar-refractivity contribution in [2.75, 3.05) is 0 Å². The first-order valence-electron chi connectivity index (χ1n) is 32.1. The quantitative estimate of drug-likeness (QED) is 0.146. The predicted molar refractivity (Wildman–Crippen MR) is 383 cm³/mol. The van der Waals surface area contributed by atoms with E-state index in [1.165, 1.54) is 129 Å². The second kappa shape index (κ2) is 24.8. The molecule has 0 heterocycles. The average molecular weight is 1160 g/mol. The second-order valence-electron chi connectivity index (χ2n) is 25.7. The minimum atomic E-state index is -0.271. The van der Waals surface area contributed by atoms with Crippen LogP contribution in [0.5, 0.6) is 0 Å². The highest BCUT2D eigenvalue weighted by Gasteiger charge is 2.44. The van der Waals surface area contributed by atoms with Gasteiger partial charge in [0.15, 0.2) is 0 Å². The minimum absolute atomic E-state index is 0.0472. The summed E-state index contributed by atoms with van der Waals surface area (Å²) in [6.07, 6.45) is 8.47. The van der Waals surface area contributed by atoms with Crippen molar-refractivity contribution < 1.29 is 0 Å². The van der Waals surface area contributed by atoms with E-state index in [2.05, 4.69) is 369 Å². The zero-order valence-electron chi connectivity index (χ0n) is 52.7. The molecule has 0 heteroatoms. The molecule has 13 aromatic rings. The second-order valence-corrected chi connectivity index (χ2v) is 25.7. The van der Waals surface area contributed by atoms with Gasteiger partial charge >= 0.3 is 0 Å². The summed E-state index contributed by atoms with van der Waals surface area (Å²) in [5.74, 6) is 4.14. The van der Waals surface area contributed by atoms with E-state index >= 15 is 0 Å². The molecule has 0 amide bonds. The lowest BCUT2D eigenvalue weighted by Gasteiger charge is -2.31. The summed E-state index contributed by atoms with van der Waals surface area (Å²) in [7, 11) is 0. The van der Waals surface area contributed by atoms with Gasteiger partial charge < -0.3 is 0 Å². The number of benzene rings is 13. The van der Waals surface area contributed by atoms with Crippen molar-refractivity contribution in [3.05, 3.63) is 383 Å². The van der Waals surface area contributed by atoms with E-state index in [-0.39, 0.29) is 21.7 Å². The van der Waals surface area contributed by atoms with Crippen molar-refractivity contribution in [1.82, 2.24) is 0 Å². The van der Waals surface area contributed by atoms with Gasteiger partial charge in [-0.05, 0) is 149 Å². The highest BCUT2D eigenvalue weighted by atomic mass is 14.5. The third-order valence-corrected chi connectivity index (χ3v) is 20.3. The minimum Gasteiger partial charge on any atom is -0.119 e. The summed E-state index contributed by atoms with van der Waals surface area (Å²) in [6, 6.07) is 115. The van der Waals surface area contributed by atoms with E-state index in [4.69, 9.17) is 6.42 Å². The van der Waals surface area contributed by atoms with Gasteiger partial charge in [0, 0.05) is 22.2 Å². The van der Waals surface area contributed by atoms with E-state index in [0.717, 1.165) is 5.92 Å². The van der Waals surface area contributed by atoms with Crippen LogP contribution in [0, 0.1) is 18.3 Å². The monoisotopic (exact) mass is 1160 g/mol. The number of rotatable bonds is 6. The molecule has 0 atom stereocenters. The van der Waals surface area contributed by atoms with E-state index in [0.29, 0.717) is 5.92 Å². The molecule has 17 rings (SSSR count). The molecule has 0 spiro atoms. The van der Waals surface area contributed by atoms with Gasteiger partial charge in [0.1, 0.15) is 0 Å². The molecule has 90 heavy (non-hydrogen) atoms. The summed E-state index contributed by atoms with van der Waals surface area (Å²) in [4.78, 5) is 0. The Bertz CT molecular complexity index is 4440. The van der Waals surface area contributed by atoms with Crippen molar-refractivity contribution in [2.24, 2.45) is 5.92 Å². The smallest absolute Gasteiger partial charge is 0.0793 e. The molecular formula is C90H78. The van der Waals surface area contributed by atoms with Crippen molar-refractivity contribution >= 4 is 21.5 Å². The van der Waals surface area contributed by atoms with Gasteiger partial charge in [0.2, 0.25) is 0 Å². The van der Waals surface area contributed by atoms with Crippen LogP contribution in [0.4, 0.5) is 0 Å². The van der Waals surface area contributed by atoms with E-state index in [1.807, 2.05) is 0 Å². The van der Waals surface area contributed by atoms with Crippen LogP contribution in [0.15, 0.2) is 322 Å². The normalized spacial score (nSPS) is 14.3. The lowest BCUT2D eigenvalue weighted by Crippen LogP contribution is -2.26. The van der Waals surface area contributed by atoms with Gasteiger partial charge in [-0.3, -0.25) is 0 Å². The van der Waals surface area contributed by atoms with Crippen molar-refractivity contribution in [3.63, 3.8) is 0 Å². The predicted octanol–water partition coefficient (Wildman–Crippen LogP) is 23.2. The fourth-order valence-electron chi connectivity index (χ4n) is 15.1. The summed E-state index contributed by atoms with van der Waals surface area (Å²) in [5.41, 5.74) is 23.4. The van der Waals surface area contributed by atoms with Gasteiger partial charge in [-0.1, -0.05) is 355 Å². The lowest BCUT2D eigenvalue weighted by atomic mass is 9.72. The van der Waals surface area contributed by atoms with Crippen LogP contribution in [0.3, 0.4) is 0 Å². The number of hydrogen-bond acceptors (Lipinski definition) is 0. The number of fused-ring (bicyclic) bond motifs is 11. The van der Waals surface area contributed by atoms with Crippen LogP contribution in [-0.2, 0) is 21.7 Å². The van der Waals surface area contributed by atoms with Crippen LogP contribution in [0.1, 0.15) is 121 Å². The molecular weight excluding hydrogens is 1080 g/mol. The summed E-state index contributed by atoms with van der Waals surface area (Å²) < 4.78 is 0. The molecule has 0 unspecified atom stereocenters. The zero-order chi connectivity index (χ0) is 61.9. The fraction of sp³-hybridized carbons (Fsp3) is 0.156. The molecule has 4 aliphatic carbocycles. The Morgan fingerprint density at radius 3 is 1.03 bits per heavy atom. The van der Waals surface area contributed by atoms with E-state index in [9.17, 15) is 0 Å². The van der Waals surface area contributed by atoms with E-state index < -0.39 is 0 Å². The van der Waals surface area contributed by atoms with Crippen LogP contribution in [0.2, 0.25) is 0 Å². The zero-order valence-corrected chi connectivity index (χ0v) is 52.7. The molecule has 0 N–H and O–H groups in total. The SMILES string of the molecule is C#CC1(C)c2ccccc2-c2ccccc21.CC(c1cccc2ccccc12)c1cccc2ccccc12.CC(c1ccccc1)(c1ccccc1)C1CC1.CC1(C)c2ccccc2-c2ccccc21.CC1(c2ccccc2)c2ccccc2-c2ccccc21. The number of hydrogen-bond donors (Lipinski definition) is 0. The first kappa shape index (κ1) is 58.9. The molecule has 4 aliphatic rings. The Hall–Kier alpha value is -10.1. The fourth-order valence-corrected chi connectivity index (χ4v) is 15.1. The van der Waals surface area contributed by atoms with Crippen molar-refractivity contribution in [1.29, 1.82) is 0 Å². The Morgan fingerprint density at radius 1 is 0.344 bits per heavy atom. The molecule has 0 saturated heterocycles. The highest BCUT2D eigenvalue weighted by Crippen LogP contribution is 2.54. The Balaban J connectivity index is 0.000000104. The van der Waals surface area contributed by atoms with Crippen LogP contribution >= 0.6 is 0 Å². The average Bonchev–Trinajstić information content (AvgIpc) is 1.65. The largest absolute Gasteiger partial charge is 0.119 e. The van der Waals surface area contributed by atoms with Crippen molar-refractivity contribution in [2.45, 2.75) is 82.0 Å². The van der Waals surface area contributed by atoms with Gasteiger partial charge in [0.05, 0.1) is 5.41 Å². The molecule has 0 radical (unpaired) electrons. The molecule has 438 valence electrons. The standard InChI is InChI=1S/C22H18.C20H16.C17H18.C16H12.C15H14/c1-16(19-14-6-10-17-8-2-4-12-21(17)19)20-15-7-11-18-9-3-5-13-22(18)20;1-20(15-9-3-2-4-10-15)18-13-7-5-11-16(18)17-12-6-8-14-19(17)20;1-17(16-12-13-16,14-8-4-2-5-9-14)15-10-6-3-7-11-15;1-3-16(2)14-10-6-4-8-12(14)13-9-5-7-11-15(13)16;1-15(2)13-9-5-3-7-11(13)12-8-4-6-10-14(12)15/h2-16H,1H3;2-14H,1H3;2-11,16H,12-13H2,1H3;1,4-11H,2H3;3-10H,1-2H3. The summed E-state index contributed by atoms with van der Waals surface area (Å²) in [6.45, 7) is 13.8. The Labute approximate surface area is 534 Å². The van der Waals surface area contributed by atoms with Gasteiger partial charge in [-0.25, -0.2) is 0 Å². The maximum Gasteiger partial charge on any atom is 0.0793 e.